The van der Waals surface area contributed by atoms with Gasteiger partial charge in [0.2, 0.25) is 5.91 Å². The summed E-state index contributed by atoms with van der Waals surface area (Å²) in [6.07, 6.45) is 1.44. The smallest absolute Gasteiger partial charge is 0.356 e. The standard InChI is InChI=1S/C14H25F3N2O/c1-18-13(7-3-2-4-8-13)11-12(20)19-10-6-5-9-14(15,16)17/h18H,2-11H2,1H3,(H,19,20). The van der Waals surface area contributed by atoms with Gasteiger partial charge < -0.3 is 10.6 Å². The Labute approximate surface area is 118 Å². The maximum absolute atomic E-state index is 12.0. The molecule has 3 nitrogen and oxygen atoms in total. The van der Waals surface area contributed by atoms with E-state index >= 15 is 0 Å². The topological polar surface area (TPSA) is 41.1 Å². The predicted molar refractivity (Wildman–Crippen MR) is 72.4 cm³/mol. The summed E-state index contributed by atoms with van der Waals surface area (Å²) >= 11 is 0. The normalized spacial score (nSPS) is 18.8. The molecule has 0 spiro atoms. The molecular weight excluding hydrogens is 269 g/mol. The Morgan fingerprint density at radius 1 is 1.15 bits per heavy atom. The average molecular weight is 294 g/mol. The zero-order valence-corrected chi connectivity index (χ0v) is 12.1. The van der Waals surface area contributed by atoms with Gasteiger partial charge >= 0.3 is 6.18 Å². The number of amides is 1. The molecule has 1 aliphatic carbocycles. The van der Waals surface area contributed by atoms with E-state index in [1.165, 1.54) is 6.42 Å². The fourth-order valence-corrected chi connectivity index (χ4v) is 2.79. The maximum atomic E-state index is 12.0. The molecule has 0 aromatic rings. The molecule has 0 aromatic carbocycles. The second kappa shape index (κ2) is 7.86. The Morgan fingerprint density at radius 3 is 2.35 bits per heavy atom. The molecule has 1 aliphatic rings. The average Bonchev–Trinajstić information content (AvgIpc) is 2.38. The number of rotatable bonds is 7. The fourth-order valence-electron chi connectivity index (χ4n) is 2.79. The summed E-state index contributed by atoms with van der Waals surface area (Å²) in [5.41, 5.74) is -0.117. The highest BCUT2D eigenvalue weighted by Gasteiger charge is 2.32. The molecule has 0 saturated heterocycles. The molecular formula is C14H25F3N2O. The van der Waals surface area contributed by atoms with Crippen molar-refractivity contribution in [1.29, 1.82) is 0 Å². The second-order valence-electron chi connectivity index (χ2n) is 5.69. The number of hydrogen-bond donors (Lipinski definition) is 2. The van der Waals surface area contributed by atoms with Crippen LogP contribution >= 0.6 is 0 Å². The highest BCUT2D eigenvalue weighted by Crippen LogP contribution is 2.30. The number of alkyl halides is 3. The van der Waals surface area contributed by atoms with E-state index in [-0.39, 0.29) is 17.9 Å². The molecule has 1 fully saturated rings. The number of carbonyl (C=O) groups excluding carboxylic acids is 1. The Hall–Kier alpha value is -0.780. The first-order valence-corrected chi connectivity index (χ1v) is 7.39. The van der Waals surface area contributed by atoms with Gasteiger partial charge in [-0.3, -0.25) is 4.79 Å². The van der Waals surface area contributed by atoms with Crippen LogP contribution in [0.3, 0.4) is 0 Å². The minimum Gasteiger partial charge on any atom is -0.356 e. The van der Waals surface area contributed by atoms with E-state index in [4.69, 9.17) is 0 Å². The Bertz CT molecular complexity index is 299. The van der Waals surface area contributed by atoms with Gasteiger partial charge in [-0.1, -0.05) is 19.3 Å². The molecule has 0 radical (unpaired) electrons. The van der Waals surface area contributed by atoms with Crippen molar-refractivity contribution in [2.75, 3.05) is 13.6 Å². The molecule has 118 valence electrons. The van der Waals surface area contributed by atoms with Gasteiger partial charge in [-0.25, -0.2) is 0 Å². The van der Waals surface area contributed by atoms with Crippen LogP contribution in [0, 0.1) is 0 Å². The third kappa shape index (κ3) is 6.59. The van der Waals surface area contributed by atoms with Gasteiger partial charge in [-0.05, 0) is 32.7 Å². The minimum atomic E-state index is -4.09. The lowest BCUT2D eigenvalue weighted by molar-refractivity contribution is -0.135. The Kier molecular flexibility index (Phi) is 6.79. The summed E-state index contributed by atoms with van der Waals surface area (Å²) in [4.78, 5) is 11.9. The molecule has 0 aliphatic heterocycles. The van der Waals surface area contributed by atoms with Crippen molar-refractivity contribution in [3.63, 3.8) is 0 Å². The SMILES string of the molecule is CNC1(CC(=O)NCCCCC(F)(F)F)CCCCC1. The van der Waals surface area contributed by atoms with Gasteiger partial charge in [0.25, 0.3) is 0 Å². The number of nitrogens with one attached hydrogen (secondary N) is 2. The largest absolute Gasteiger partial charge is 0.389 e. The summed E-state index contributed by atoms with van der Waals surface area (Å²) in [5.74, 6) is -0.0618. The molecule has 0 atom stereocenters. The van der Waals surface area contributed by atoms with Gasteiger partial charge in [0.15, 0.2) is 0 Å². The van der Waals surface area contributed by atoms with Gasteiger partial charge in [0, 0.05) is 24.9 Å². The third-order valence-corrected chi connectivity index (χ3v) is 4.05. The molecule has 0 bridgehead atoms. The zero-order chi connectivity index (χ0) is 15.1. The first-order chi connectivity index (χ1) is 9.37. The van der Waals surface area contributed by atoms with Crippen LogP contribution in [-0.2, 0) is 4.79 Å². The minimum absolute atomic E-state index is 0.0618. The van der Waals surface area contributed by atoms with E-state index in [0.717, 1.165) is 25.7 Å². The molecule has 1 rings (SSSR count). The van der Waals surface area contributed by atoms with Crippen molar-refractivity contribution >= 4 is 5.91 Å². The predicted octanol–water partition coefficient (Wildman–Crippen LogP) is 3.15. The molecule has 0 unspecified atom stereocenters. The van der Waals surface area contributed by atoms with E-state index in [1.807, 2.05) is 7.05 Å². The van der Waals surface area contributed by atoms with Crippen molar-refractivity contribution < 1.29 is 18.0 Å². The summed E-state index contributed by atoms with van der Waals surface area (Å²) in [5, 5.41) is 5.99. The number of hydrogen-bond acceptors (Lipinski definition) is 2. The van der Waals surface area contributed by atoms with Gasteiger partial charge in [-0.2, -0.15) is 13.2 Å². The number of unbranched alkanes of at least 4 members (excludes halogenated alkanes) is 1. The molecule has 1 saturated carbocycles. The van der Waals surface area contributed by atoms with Crippen LogP contribution in [0.2, 0.25) is 0 Å². The quantitative estimate of drug-likeness (QED) is 0.708. The van der Waals surface area contributed by atoms with Crippen molar-refractivity contribution in [2.24, 2.45) is 0 Å². The first-order valence-electron chi connectivity index (χ1n) is 7.39. The molecule has 20 heavy (non-hydrogen) atoms. The van der Waals surface area contributed by atoms with Crippen molar-refractivity contribution in [3.8, 4) is 0 Å². The van der Waals surface area contributed by atoms with Crippen LogP contribution in [0.15, 0.2) is 0 Å². The lowest BCUT2D eigenvalue weighted by Crippen LogP contribution is -2.48. The van der Waals surface area contributed by atoms with Crippen molar-refractivity contribution in [2.45, 2.75) is 69.5 Å². The lowest BCUT2D eigenvalue weighted by atomic mass is 9.79. The van der Waals surface area contributed by atoms with Crippen LogP contribution in [-0.4, -0.2) is 31.2 Å². The van der Waals surface area contributed by atoms with E-state index in [0.29, 0.717) is 19.4 Å². The summed E-state index contributed by atoms with van der Waals surface area (Å²) in [6.45, 7) is 0.328. The van der Waals surface area contributed by atoms with Crippen LogP contribution in [0.5, 0.6) is 0 Å². The fraction of sp³-hybridized carbons (Fsp3) is 0.929. The van der Waals surface area contributed by atoms with Crippen molar-refractivity contribution in [3.05, 3.63) is 0 Å². The Morgan fingerprint density at radius 2 is 1.80 bits per heavy atom. The number of halogens is 3. The van der Waals surface area contributed by atoms with Crippen LogP contribution in [0.4, 0.5) is 13.2 Å². The van der Waals surface area contributed by atoms with E-state index < -0.39 is 12.6 Å². The molecule has 2 N–H and O–H groups in total. The zero-order valence-electron chi connectivity index (χ0n) is 12.1. The second-order valence-corrected chi connectivity index (χ2v) is 5.69. The lowest BCUT2D eigenvalue weighted by Gasteiger charge is -2.36. The van der Waals surface area contributed by atoms with Crippen LogP contribution in [0.25, 0.3) is 0 Å². The highest BCUT2D eigenvalue weighted by molar-refractivity contribution is 5.77. The molecule has 6 heteroatoms. The first kappa shape index (κ1) is 17.3. The highest BCUT2D eigenvalue weighted by atomic mass is 19.4. The van der Waals surface area contributed by atoms with Crippen molar-refractivity contribution in [1.82, 2.24) is 10.6 Å². The van der Waals surface area contributed by atoms with E-state index in [9.17, 15) is 18.0 Å². The van der Waals surface area contributed by atoms with E-state index in [1.54, 1.807) is 0 Å². The van der Waals surface area contributed by atoms with Crippen LogP contribution in [0.1, 0.15) is 57.8 Å². The summed E-state index contributed by atoms with van der Waals surface area (Å²) in [6, 6.07) is 0. The van der Waals surface area contributed by atoms with Gasteiger partial charge in [-0.15, -0.1) is 0 Å². The Balaban J connectivity index is 2.19. The van der Waals surface area contributed by atoms with E-state index in [2.05, 4.69) is 10.6 Å². The molecule has 1 amide bonds. The maximum Gasteiger partial charge on any atom is 0.389 e. The van der Waals surface area contributed by atoms with Gasteiger partial charge in [0.1, 0.15) is 0 Å². The number of carbonyl (C=O) groups is 1. The van der Waals surface area contributed by atoms with Gasteiger partial charge in [0.05, 0.1) is 0 Å². The monoisotopic (exact) mass is 294 g/mol. The van der Waals surface area contributed by atoms with Crippen LogP contribution < -0.4 is 10.6 Å². The molecule has 0 aromatic heterocycles. The molecule has 0 heterocycles. The summed E-state index contributed by atoms with van der Waals surface area (Å²) in [7, 11) is 1.88. The third-order valence-electron chi connectivity index (χ3n) is 4.05. The summed E-state index contributed by atoms with van der Waals surface area (Å²) < 4.78 is 35.9.